The molecule has 2 N–H and O–H groups in total. The fraction of sp³-hybridized carbons (Fsp3) is 0.857. The minimum absolute atomic E-state index is 0.178. The number of carbonyl (C=O) groups excluding carboxylic acids is 1. The summed E-state index contributed by atoms with van der Waals surface area (Å²) in [4.78, 5) is 10.5. The number of primary amides is 1. The van der Waals surface area contributed by atoms with Crippen LogP contribution in [0.4, 0.5) is 0 Å². The van der Waals surface area contributed by atoms with E-state index < -0.39 is 0 Å². The molecule has 0 spiro atoms. The molecule has 0 atom stereocenters. The second-order valence-corrected chi connectivity index (χ2v) is 3.63. The van der Waals surface area contributed by atoms with Gasteiger partial charge in [0, 0.05) is 19.5 Å². The largest absolute Gasteiger partial charge is 0.370 e. The molecule has 0 aliphatic carbocycles. The Morgan fingerprint density at radius 2 is 2.09 bits per heavy atom. The highest BCUT2D eigenvalue weighted by Gasteiger charge is 2.18. The SMILES string of the molecule is NC(=O)CC1CCN(S)CC1. The van der Waals surface area contributed by atoms with Crippen LogP contribution in [0.15, 0.2) is 0 Å². The lowest BCUT2D eigenvalue weighted by atomic mass is 9.94. The van der Waals surface area contributed by atoms with Gasteiger partial charge in [0.05, 0.1) is 0 Å². The smallest absolute Gasteiger partial charge is 0.217 e. The number of nitrogens with zero attached hydrogens (tertiary/aromatic N) is 1. The van der Waals surface area contributed by atoms with Crippen LogP contribution in [0.3, 0.4) is 0 Å². The van der Waals surface area contributed by atoms with Crippen LogP contribution in [-0.2, 0) is 4.79 Å². The van der Waals surface area contributed by atoms with Gasteiger partial charge >= 0.3 is 0 Å². The molecule has 0 aromatic carbocycles. The predicted molar refractivity (Wildman–Crippen MR) is 47.1 cm³/mol. The molecule has 0 aromatic heterocycles. The Hall–Kier alpha value is -0.220. The van der Waals surface area contributed by atoms with Crippen molar-refractivity contribution in [3.05, 3.63) is 0 Å². The molecule has 1 rings (SSSR count). The molecule has 0 aromatic rings. The van der Waals surface area contributed by atoms with Crippen LogP contribution in [0, 0.1) is 5.92 Å². The van der Waals surface area contributed by atoms with E-state index in [4.69, 9.17) is 5.73 Å². The van der Waals surface area contributed by atoms with E-state index in [0.717, 1.165) is 25.9 Å². The number of piperidine rings is 1. The molecule has 64 valence electrons. The van der Waals surface area contributed by atoms with Crippen molar-refractivity contribution in [1.82, 2.24) is 4.31 Å². The summed E-state index contributed by atoms with van der Waals surface area (Å²) in [5.41, 5.74) is 5.09. The zero-order valence-electron chi connectivity index (χ0n) is 6.49. The lowest BCUT2D eigenvalue weighted by molar-refractivity contribution is -0.119. The minimum atomic E-state index is -0.178. The van der Waals surface area contributed by atoms with Crippen molar-refractivity contribution in [3.8, 4) is 0 Å². The molecule has 0 radical (unpaired) electrons. The van der Waals surface area contributed by atoms with Crippen LogP contribution in [0.1, 0.15) is 19.3 Å². The van der Waals surface area contributed by atoms with Gasteiger partial charge in [0.25, 0.3) is 0 Å². The third-order valence-electron chi connectivity index (χ3n) is 2.08. The van der Waals surface area contributed by atoms with Crippen LogP contribution in [0.5, 0.6) is 0 Å². The van der Waals surface area contributed by atoms with Crippen LogP contribution in [0.2, 0.25) is 0 Å². The van der Waals surface area contributed by atoms with Crippen molar-refractivity contribution in [1.29, 1.82) is 0 Å². The Balaban J connectivity index is 2.22. The normalized spacial score (nSPS) is 21.9. The topological polar surface area (TPSA) is 46.3 Å². The molecule has 1 aliphatic heterocycles. The average Bonchev–Trinajstić information content (AvgIpc) is 1.93. The highest BCUT2D eigenvalue weighted by molar-refractivity contribution is 7.77. The second kappa shape index (κ2) is 3.97. The van der Waals surface area contributed by atoms with Crippen molar-refractivity contribution in [3.63, 3.8) is 0 Å². The molecular formula is C7H14N2OS. The number of rotatable bonds is 2. The van der Waals surface area contributed by atoms with Gasteiger partial charge in [0.15, 0.2) is 0 Å². The average molecular weight is 174 g/mol. The van der Waals surface area contributed by atoms with Crippen molar-refractivity contribution >= 4 is 18.7 Å². The van der Waals surface area contributed by atoms with Crippen LogP contribution in [0.25, 0.3) is 0 Å². The number of carbonyl (C=O) groups is 1. The van der Waals surface area contributed by atoms with E-state index in [1.807, 2.05) is 4.31 Å². The van der Waals surface area contributed by atoms with Crippen molar-refractivity contribution < 1.29 is 4.79 Å². The summed E-state index contributed by atoms with van der Waals surface area (Å²) >= 11 is 4.21. The fourth-order valence-electron chi connectivity index (χ4n) is 1.41. The fourth-order valence-corrected chi connectivity index (χ4v) is 1.64. The zero-order valence-corrected chi connectivity index (χ0v) is 7.39. The number of nitrogens with two attached hydrogens (primary N) is 1. The molecule has 1 amide bonds. The Bertz CT molecular complexity index is 143. The highest BCUT2D eigenvalue weighted by atomic mass is 32.1. The Kier molecular flexibility index (Phi) is 3.20. The lowest BCUT2D eigenvalue weighted by Crippen LogP contribution is -2.29. The van der Waals surface area contributed by atoms with Crippen LogP contribution < -0.4 is 5.73 Å². The maximum atomic E-state index is 10.5. The summed E-state index contributed by atoms with van der Waals surface area (Å²) in [6.45, 7) is 1.95. The summed E-state index contributed by atoms with van der Waals surface area (Å²) in [6.07, 6.45) is 2.64. The Labute approximate surface area is 72.5 Å². The monoisotopic (exact) mass is 174 g/mol. The van der Waals surface area contributed by atoms with E-state index in [0.29, 0.717) is 12.3 Å². The molecule has 0 saturated carbocycles. The highest BCUT2D eigenvalue weighted by Crippen LogP contribution is 2.20. The summed E-state index contributed by atoms with van der Waals surface area (Å²) in [5.74, 6) is 0.318. The van der Waals surface area contributed by atoms with E-state index in [-0.39, 0.29) is 5.91 Å². The summed E-state index contributed by atoms with van der Waals surface area (Å²) in [6, 6.07) is 0. The number of hydrogen-bond donors (Lipinski definition) is 2. The van der Waals surface area contributed by atoms with Gasteiger partial charge in [0.1, 0.15) is 0 Å². The maximum Gasteiger partial charge on any atom is 0.217 e. The van der Waals surface area contributed by atoms with Crippen LogP contribution in [-0.4, -0.2) is 23.3 Å². The van der Waals surface area contributed by atoms with Crippen molar-refractivity contribution in [2.45, 2.75) is 19.3 Å². The molecule has 1 aliphatic rings. The van der Waals surface area contributed by atoms with Gasteiger partial charge in [-0.1, -0.05) is 12.8 Å². The molecule has 0 unspecified atom stereocenters. The van der Waals surface area contributed by atoms with E-state index in [1.165, 1.54) is 0 Å². The number of thiol groups is 1. The van der Waals surface area contributed by atoms with Crippen molar-refractivity contribution in [2.24, 2.45) is 11.7 Å². The van der Waals surface area contributed by atoms with Gasteiger partial charge in [-0.15, -0.1) is 0 Å². The zero-order chi connectivity index (χ0) is 8.27. The van der Waals surface area contributed by atoms with Gasteiger partial charge in [-0.2, -0.15) is 0 Å². The third kappa shape index (κ3) is 3.12. The first-order valence-electron chi connectivity index (χ1n) is 3.90. The number of amides is 1. The molecule has 3 nitrogen and oxygen atoms in total. The Morgan fingerprint density at radius 1 is 1.55 bits per heavy atom. The number of hydrogen-bond acceptors (Lipinski definition) is 3. The lowest BCUT2D eigenvalue weighted by Gasteiger charge is -2.26. The molecule has 4 heteroatoms. The molecule has 0 bridgehead atoms. The van der Waals surface area contributed by atoms with Gasteiger partial charge in [-0.3, -0.25) is 9.10 Å². The quantitative estimate of drug-likeness (QED) is 0.596. The summed E-state index contributed by atoms with van der Waals surface area (Å²) in [7, 11) is 0. The molecule has 1 fully saturated rings. The van der Waals surface area contributed by atoms with Crippen LogP contribution >= 0.6 is 12.8 Å². The first-order chi connectivity index (χ1) is 5.18. The maximum absolute atomic E-state index is 10.5. The Morgan fingerprint density at radius 3 is 2.55 bits per heavy atom. The molecule has 11 heavy (non-hydrogen) atoms. The van der Waals surface area contributed by atoms with E-state index >= 15 is 0 Å². The van der Waals surface area contributed by atoms with E-state index in [2.05, 4.69) is 12.8 Å². The standard InChI is InChI=1S/C7H14N2OS/c8-7(10)5-6-1-3-9(11)4-2-6/h6,11H,1-5H2,(H2,8,10). The first kappa shape index (κ1) is 8.87. The third-order valence-corrected chi connectivity index (χ3v) is 2.48. The second-order valence-electron chi connectivity index (χ2n) is 3.07. The molecular weight excluding hydrogens is 160 g/mol. The molecule has 1 saturated heterocycles. The van der Waals surface area contributed by atoms with E-state index in [1.54, 1.807) is 0 Å². The van der Waals surface area contributed by atoms with Gasteiger partial charge < -0.3 is 5.73 Å². The van der Waals surface area contributed by atoms with Crippen molar-refractivity contribution in [2.75, 3.05) is 13.1 Å². The minimum Gasteiger partial charge on any atom is -0.370 e. The van der Waals surface area contributed by atoms with Gasteiger partial charge in [-0.05, 0) is 18.8 Å². The summed E-state index contributed by atoms with van der Waals surface area (Å²) in [5, 5.41) is 0. The van der Waals surface area contributed by atoms with Gasteiger partial charge in [-0.25, -0.2) is 0 Å². The predicted octanol–water partition coefficient (Wildman–Crippen LogP) is 0.419. The van der Waals surface area contributed by atoms with Gasteiger partial charge in [0.2, 0.25) is 5.91 Å². The van der Waals surface area contributed by atoms with E-state index in [9.17, 15) is 4.79 Å². The molecule has 1 heterocycles. The first-order valence-corrected chi connectivity index (χ1v) is 4.30. The summed E-state index contributed by atoms with van der Waals surface area (Å²) < 4.78 is 1.98.